The van der Waals surface area contributed by atoms with E-state index in [2.05, 4.69) is 26.9 Å². The number of rotatable bonds is 5. The molecule has 0 saturated heterocycles. The van der Waals surface area contributed by atoms with Gasteiger partial charge in [-0.05, 0) is 13.0 Å². The van der Waals surface area contributed by atoms with Gasteiger partial charge in [0.25, 0.3) is 6.43 Å². The number of aliphatic imine (C=N–C) groups is 1. The number of guanidine groups is 1. The van der Waals surface area contributed by atoms with Crippen LogP contribution in [0.25, 0.3) is 0 Å². The maximum Gasteiger partial charge on any atom is 0.280 e. The molecule has 0 atom stereocenters. The summed E-state index contributed by atoms with van der Waals surface area (Å²) in [6, 6.07) is 1.17. The van der Waals surface area contributed by atoms with Crippen LogP contribution in [0.15, 0.2) is 29.4 Å². The van der Waals surface area contributed by atoms with E-state index < -0.39 is 6.43 Å². The Bertz CT molecular complexity index is 450. The number of nitrogens with two attached hydrogens (primary N) is 1. The number of alkyl halides is 2. The zero-order valence-electron chi connectivity index (χ0n) is 10.4. The lowest BCUT2D eigenvalue weighted by Crippen LogP contribution is -2.32. The van der Waals surface area contributed by atoms with Crippen LogP contribution < -0.4 is 11.1 Å². The normalized spacial score (nSPS) is 11.1. The van der Waals surface area contributed by atoms with Crippen molar-refractivity contribution in [1.29, 1.82) is 0 Å². The van der Waals surface area contributed by atoms with Gasteiger partial charge in [-0.1, -0.05) is 12.2 Å². The highest BCUT2D eigenvalue weighted by molar-refractivity contribution is 14.0. The van der Waals surface area contributed by atoms with Crippen molar-refractivity contribution in [3.8, 4) is 0 Å². The van der Waals surface area contributed by atoms with Crippen LogP contribution in [0.2, 0.25) is 0 Å². The van der Waals surface area contributed by atoms with E-state index in [1.54, 1.807) is 0 Å². The smallest absolute Gasteiger partial charge is 0.280 e. The summed E-state index contributed by atoms with van der Waals surface area (Å²) in [6.07, 6.45) is -1.34. The van der Waals surface area contributed by atoms with Gasteiger partial charge in [0, 0.05) is 12.7 Å². The molecule has 19 heavy (non-hydrogen) atoms. The average molecular weight is 383 g/mol. The lowest BCUT2D eigenvalue weighted by atomic mass is 10.3. The number of nitrogens with zero attached hydrogens (tertiary/aromatic N) is 3. The van der Waals surface area contributed by atoms with Gasteiger partial charge >= 0.3 is 0 Å². The fraction of sp³-hybridized carbons (Fsp3) is 0.364. The number of hydrogen-bond acceptors (Lipinski definition) is 3. The topological polar surface area (TPSA) is 76.2 Å². The summed E-state index contributed by atoms with van der Waals surface area (Å²) in [4.78, 5) is 11.4. The number of aromatic nitrogens is 2. The first kappa shape index (κ1) is 17.7. The molecule has 0 amide bonds. The second-order valence-corrected chi connectivity index (χ2v) is 3.71. The van der Waals surface area contributed by atoms with Gasteiger partial charge in [0.05, 0.1) is 0 Å². The van der Waals surface area contributed by atoms with Gasteiger partial charge in [-0.2, -0.15) is 0 Å². The van der Waals surface area contributed by atoms with Crippen molar-refractivity contribution >= 4 is 29.9 Å². The second-order valence-electron chi connectivity index (χ2n) is 3.71. The first-order chi connectivity index (χ1) is 8.49. The van der Waals surface area contributed by atoms with Crippen LogP contribution in [0.1, 0.15) is 24.9 Å². The molecule has 0 aliphatic rings. The van der Waals surface area contributed by atoms with Crippen LogP contribution in [0.3, 0.4) is 0 Å². The molecule has 0 bridgehead atoms. The quantitative estimate of drug-likeness (QED) is 0.353. The Balaban J connectivity index is 0.00000324. The minimum atomic E-state index is -2.62. The Hall–Kier alpha value is -1.32. The van der Waals surface area contributed by atoms with Crippen LogP contribution in [-0.4, -0.2) is 22.5 Å². The molecule has 0 aliphatic carbocycles. The summed E-state index contributed by atoms with van der Waals surface area (Å²) in [5.74, 6) is 0.400. The molecule has 106 valence electrons. The molecule has 0 unspecified atom stereocenters. The van der Waals surface area contributed by atoms with Crippen LogP contribution in [0, 0.1) is 0 Å². The van der Waals surface area contributed by atoms with Crippen molar-refractivity contribution in [1.82, 2.24) is 15.3 Å². The Labute approximate surface area is 127 Å². The summed E-state index contributed by atoms with van der Waals surface area (Å²) in [5, 5.41) is 2.81. The molecule has 1 aromatic rings. The van der Waals surface area contributed by atoms with Gasteiger partial charge in [-0.3, -0.25) is 0 Å². The summed E-state index contributed by atoms with van der Waals surface area (Å²) >= 11 is 0. The van der Waals surface area contributed by atoms with E-state index in [0.717, 1.165) is 5.57 Å². The molecule has 5 nitrogen and oxygen atoms in total. The summed E-state index contributed by atoms with van der Waals surface area (Å²) in [5.41, 5.74) is 6.15. The predicted octanol–water partition coefficient (Wildman–Crippen LogP) is 2.01. The van der Waals surface area contributed by atoms with E-state index in [0.29, 0.717) is 6.54 Å². The third kappa shape index (κ3) is 6.99. The Kier molecular flexibility index (Phi) is 8.12. The predicted molar refractivity (Wildman–Crippen MR) is 80.5 cm³/mol. The first-order valence-electron chi connectivity index (χ1n) is 5.27. The third-order valence-electron chi connectivity index (χ3n) is 1.91. The first-order valence-corrected chi connectivity index (χ1v) is 5.27. The Morgan fingerprint density at radius 3 is 2.84 bits per heavy atom. The third-order valence-corrected chi connectivity index (χ3v) is 1.91. The van der Waals surface area contributed by atoms with Crippen molar-refractivity contribution in [2.75, 3.05) is 6.54 Å². The van der Waals surface area contributed by atoms with Crippen molar-refractivity contribution in [3.05, 3.63) is 35.9 Å². The molecular formula is C11H16F2IN5. The lowest BCUT2D eigenvalue weighted by Gasteiger charge is -2.05. The fourth-order valence-electron chi connectivity index (χ4n) is 1.07. The van der Waals surface area contributed by atoms with E-state index >= 15 is 0 Å². The minimum Gasteiger partial charge on any atom is -0.370 e. The van der Waals surface area contributed by atoms with Gasteiger partial charge in [-0.25, -0.2) is 23.7 Å². The van der Waals surface area contributed by atoms with Crippen LogP contribution in [0.5, 0.6) is 0 Å². The molecule has 1 aromatic heterocycles. The van der Waals surface area contributed by atoms with Gasteiger partial charge in [0.1, 0.15) is 18.1 Å². The van der Waals surface area contributed by atoms with E-state index in [9.17, 15) is 8.78 Å². The number of halogens is 3. The van der Waals surface area contributed by atoms with Crippen molar-refractivity contribution in [2.24, 2.45) is 10.7 Å². The zero-order valence-corrected chi connectivity index (χ0v) is 12.8. The van der Waals surface area contributed by atoms with E-state index in [4.69, 9.17) is 5.73 Å². The van der Waals surface area contributed by atoms with Gasteiger partial charge in [-0.15, -0.1) is 24.0 Å². The van der Waals surface area contributed by atoms with E-state index in [1.165, 1.54) is 12.3 Å². The molecule has 8 heteroatoms. The second kappa shape index (κ2) is 8.73. The Morgan fingerprint density at radius 1 is 1.58 bits per heavy atom. The molecule has 0 fully saturated rings. The number of hydrogen-bond donors (Lipinski definition) is 2. The highest BCUT2D eigenvalue weighted by atomic mass is 127. The largest absolute Gasteiger partial charge is 0.370 e. The molecule has 1 rings (SSSR count). The van der Waals surface area contributed by atoms with Gasteiger partial charge in [0.2, 0.25) is 0 Å². The average Bonchev–Trinajstić information content (AvgIpc) is 2.34. The Morgan fingerprint density at radius 2 is 2.26 bits per heavy atom. The molecule has 3 N–H and O–H groups in total. The fourth-order valence-corrected chi connectivity index (χ4v) is 1.07. The number of nitrogens with one attached hydrogen (secondary N) is 1. The maximum atomic E-state index is 12.4. The molecule has 1 heterocycles. The molecule has 0 radical (unpaired) electrons. The molecule has 0 saturated carbocycles. The molecule has 0 aromatic carbocycles. The van der Waals surface area contributed by atoms with E-state index in [1.807, 2.05) is 6.92 Å². The van der Waals surface area contributed by atoms with Crippen LogP contribution in [-0.2, 0) is 6.54 Å². The lowest BCUT2D eigenvalue weighted by molar-refractivity contribution is 0.145. The molecular weight excluding hydrogens is 367 g/mol. The van der Waals surface area contributed by atoms with Gasteiger partial charge in [0.15, 0.2) is 5.96 Å². The van der Waals surface area contributed by atoms with Crippen LogP contribution >= 0.6 is 24.0 Å². The van der Waals surface area contributed by atoms with Crippen LogP contribution in [0.4, 0.5) is 8.78 Å². The SMILES string of the molecule is C=C(C)CNC(N)=NCc1nccc(C(F)F)n1.I. The molecule has 0 spiro atoms. The maximum absolute atomic E-state index is 12.4. The highest BCUT2D eigenvalue weighted by Gasteiger charge is 2.09. The monoisotopic (exact) mass is 383 g/mol. The zero-order chi connectivity index (χ0) is 13.5. The van der Waals surface area contributed by atoms with Crippen molar-refractivity contribution < 1.29 is 8.78 Å². The highest BCUT2D eigenvalue weighted by Crippen LogP contribution is 2.15. The van der Waals surface area contributed by atoms with Crippen molar-refractivity contribution in [2.45, 2.75) is 19.9 Å². The summed E-state index contributed by atoms with van der Waals surface area (Å²) < 4.78 is 24.8. The summed E-state index contributed by atoms with van der Waals surface area (Å²) in [6.45, 7) is 6.10. The van der Waals surface area contributed by atoms with E-state index in [-0.39, 0.29) is 48.0 Å². The van der Waals surface area contributed by atoms with Crippen molar-refractivity contribution in [3.63, 3.8) is 0 Å². The standard InChI is InChI=1S/C11H15F2N5.HI/c1-7(2)5-16-11(14)17-6-9-15-4-3-8(18-9)10(12)13;/h3-4,10H,1,5-6H2,2H3,(H3,14,16,17);1H. The minimum absolute atomic E-state index is 0. The summed E-state index contributed by atoms with van der Waals surface area (Å²) in [7, 11) is 0. The molecule has 0 aliphatic heterocycles. The van der Waals surface area contributed by atoms with Gasteiger partial charge < -0.3 is 11.1 Å².